The Balaban J connectivity index is 2.00. The highest BCUT2D eigenvalue weighted by molar-refractivity contribution is 5.99. The molecule has 0 aromatic heterocycles. The third-order valence-electron chi connectivity index (χ3n) is 3.62. The van der Waals surface area contributed by atoms with Gasteiger partial charge in [0.05, 0.1) is 6.61 Å². The minimum Gasteiger partial charge on any atom is -0.493 e. The fourth-order valence-electron chi connectivity index (χ4n) is 2.23. The highest BCUT2D eigenvalue weighted by atomic mass is 16.5. The Morgan fingerprint density at radius 1 is 1.04 bits per heavy atom. The lowest BCUT2D eigenvalue weighted by Crippen LogP contribution is -2.30. The first kappa shape index (κ1) is 19.2. The predicted molar refractivity (Wildman–Crippen MR) is 97.6 cm³/mol. The van der Waals surface area contributed by atoms with Crippen LogP contribution in [0.5, 0.6) is 5.75 Å². The number of amides is 1. The van der Waals surface area contributed by atoms with Crippen LogP contribution in [0, 0.1) is 0 Å². The average molecular weight is 355 g/mol. The standard InChI is InChI=1S/C20H21NO5/c1-4-25-18-8-6-5-7-17(18)20(24)26-14(3)19(23)21-16-11-9-15(10-12-16)13(2)22/h5-12,14H,4H2,1-3H3,(H,21,23)/t14-/m0/s1. The Kier molecular flexibility index (Phi) is 6.49. The van der Waals surface area contributed by atoms with Crippen molar-refractivity contribution in [1.29, 1.82) is 0 Å². The molecule has 1 atom stereocenters. The maximum absolute atomic E-state index is 12.3. The predicted octanol–water partition coefficient (Wildman–Crippen LogP) is 3.47. The molecule has 6 heteroatoms. The average Bonchev–Trinajstić information content (AvgIpc) is 2.62. The van der Waals surface area contributed by atoms with Gasteiger partial charge in [-0.1, -0.05) is 12.1 Å². The number of hydrogen-bond donors (Lipinski definition) is 1. The summed E-state index contributed by atoms with van der Waals surface area (Å²) in [4.78, 5) is 35.8. The van der Waals surface area contributed by atoms with Crippen molar-refractivity contribution < 1.29 is 23.9 Å². The number of esters is 1. The molecule has 1 amide bonds. The van der Waals surface area contributed by atoms with Gasteiger partial charge in [0.15, 0.2) is 11.9 Å². The third kappa shape index (κ3) is 4.92. The zero-order chi connectivity index (χ0) is 19.1. The molecule has 2 aromatic rings. The van der Waals surface area contributed by atoms with E-state index in [9.17, 15) is 14.4 Å². The van der Waals surface area contributed by atoms with Crippen LogP contribution in [0.4, 0.5) is 5.69 Å². The summed E-state index contributed by atoms with van der Waals surface area (Å²) in [5, 5.41) is 2.65. The van der Waals surface area contributed by atoms with Crippen molar-refractivity contribution in [2.75, 3.05) is 11.9 Å². The van der Waals surface area contributed by atoms with E-state index in [1.165, 1.54) is 13.8 Å². The van der Waals surface area contributed by atoms with Gasteiger partial charge in [0, 0.05) is 11.3 Å². The lowest BCUT2D eigenvalue weighted by atomic mass is 10.1. The second-order valence-electron chi connectivity index (χ2n) is 5.60. The van der Waals surface area contributed by atoms with Crippen LogP contribution in [0.15, 0.2) is 48.5 Å². The number of rotatable bonds is 7. The molecule has 0 aliphatic heterocycles. The van der Waals surface area contributed by atoms with E-state index in [1.807, 2.05) is 6.92 Å². The Morgan fingerprint density at radius 2 is 1.69 bits per heavy atom. The van der Waals surface area contributed by atoms with Crippen LogP contribution < -0.4 is 10.1 Å². The van der Waals surface area contributed by atoms with Crippen molar-refractivity contribution in [2.24, 2.45) is 0 Å². The molecule has 0 aliphatic rings. The van der Waals surface area contributed by atoms with E-state index in [0.717, 1.165) is 0 Å². The molecule has 6 nitrogen and oxygen atoms in total. The number of nitrogens with one attached hydrogen (secondary N) is 1. The lowest BCUT2D eigenvalue weighted by molar-refractivity contribution is -0.123. The molecule has 0 unspecified atom stereocenters. The molecular formula is C20H21NO5. The number of carbonyl (C=O) groups excluding carboxylic acids is 3. The Labute approximate surface area is 152 Å². The first-order valence-electron chi connectivity index (χ1n) is 8.27. The molecule has 0 spiro atoms. The van der Waals surface area contributed by atoms with Gasteiger partial charge in [0.2, 0.25) is 0 Å². The van der Waals surface area contributed by atoms with Crippen molar-refractivity contribution in [3.8, 4) is 5.75 Å². The first-order valence-corrected chi connectivity index (χ1v) is 8.27. The van der Waals surface area contributed by atoms with E-state index >= 15 is 0 Å². The van der Waals surface area contributed by atoms with Crippen molar-refractivity contribution in [3.63, 3.8) is 0 Å². The monoisotopic (exact) mass is 355 g/mol. The van der Waals surface area contributed by atoms with Gasteiger partial charge >= 0.3 is 5.97 Å². The Morgan fingerprint density at radius 3 is 2.31 bits per heavy atom. The smallest absolute Gasteiger partial charge is 0.342 e. The highest BCUT2D eigenvalue weighted by Crippen LogP contribution is 2.20. The van der Waals surface area contributed by atoms with Crippen LogP contribution in [0.1, 0.15) is 41.5 Å². The third-order valence-corrected chi connectivity index (χ3v) is 3.62. The lowest BCUT2D eigenvalue weighted by Gasteiger charge is -2.15. The number of hydrogen-bond acceptors (Lipinski definition) is 5. The molecule has 1 N–H and O–H groups in total. The molecule has 26 heavy (non-hydrogen) atoms. The summed E-state index contributed by atoms with van der Waals surface area (Å²) >= 11 is 0. The van der Waals surface area contributed by atoms with Crippen molar-refractivity contribution in [1.82, 2.24) is 0 Å². The maximum atomic E-state index is 12.3. The molecule has 2 aromatic carbocycles. The zero-order valence-corrected chi connectivity index (χ0v) is 14.9. The summed E-state index contributed by atoms with van der Waals surface area (Å²) in [6, 6.07) is 13.2. The molecule has 0 saturated carbocycles. The molecule has 0 saturated heterocycles. The van der Waals surface area contributed by atoms with Gasteiger partial charge in [0.25, 0.3) is 5.91 Å². The van der Waals surface area contributed by atoms with E-state index in [4.69, 9.17) is 9.47 Å². The summed E-state index contributed by atoms with van der Waals surface area (Å²) in [5.74, 6) is -0.753. The Hall–Kier alpha value is -3.15. The molecule has 0 fully saturated rings. The summed E-state index contributed by atoms with van der Waals surface area (Å²) in [7, 11) is 0. The highest BCUT2D eigenvalue weighted by Gasteiger charge is 2.21. The van der Waals surface area contributed by atoms with Crippen molar-refractivity contribution in [3.05, 3.63) is 59.7 Å². The van der Waals surface area contributed by atoms with Gasteiger partial charge in [-0.3, -0.25) is 9.59 Å². The van der Waals surface area contributed by atoms with Gasteiger partial charge in [-0.25, -0.2) is 4.79 Å². The fraction of sp³-hybridized carbons (Fsp3) is 0.250. The van der Waals surface area contributed by atoms with Crippen molar-refractivity contribution >= 4 is 23.3 Å². The summed E-state index contributed by atoms with van der Waals surface area (Å²) in [5.41, 5.74) is 1.33. The van der Waals surface area contributed by atoms with E-state index in [0.29, 0.717) is 23.6 Å². The summed E-state index contributed by atoms with van der Waals surface area (Å²) in [6.07, 6.45) is -0.996. The molecule has 0 heterocycles. The van der Waals surface area contributed by atoms with E-state index in [2.05, 4.69) is 5.32 Å². The number of ketones is 1. The molecule has 0 radical (unpaired) electrons. The maximum Gasteiger partial charge on any atom is 0.342 e. The fourth-order valence-corrected chi connectivity index (χ4v) is 2.23. The zero-order valence-electron chi connectivity index (χ0n) is 14.9. The quantitative estimate of drug-likeness (QED) is 0.607. The van der Waals surface area contributed by atoms with E-state index in [-0.39, 0.29) is 11.3 Å². The van der Waals surface area contributed by atoms with Crippen LogP contribution in [-0.2, 0) is 9.53 Å². The first-order chi connectivity index (χ1) is 12.4. The van der Waals surface area contributed by atoms with Crippen LogP contribution >= 0.6 is 0 Å². The minimum absolute atomic E-state index is 0.0573. The minimum atomic E-state index is -0.996. The van der Waals surface area contributed by atoms with Gasteiger partial charge in [-0.15, -0.1) is 0 Å². The number of Topliss-reactive ketones (excluding diaryl/α,β-unsaturated/α-hetero) is 1. The van der Waals surface area contributed by atoms with Crippen LogP contribution in [0.25, 0.3) is 0 Å². The Bertz CT molecular complexity index is 798. The van der Waals surface area contributed by atoms with Gasteiger partial charge in [0.1, 0.15) is 11.3 Å². The number of anilines is 1. The largest absolute Gasteiger partial charge is 0.493 e. The SMILES string of the molecule is CCOc1ccccc1C(=O)O[C@@H](C)C(=O)Nc1ccc(C(C)=O)cc1. The molecular weight excluding hydrogens is 334 g/mol. The summed E-state index contributed by atoms with van der Waals surface area (Å²) in [6.45, 7) is 5.18. The number of para-hydroxylation sites is 1. The van der Waals surface area contributed by atoms with Gasteiger partial charge in [-0.2, -0.15) is 0 Å². The van der Waals surface area contributed by atoms with Crippen LogP contribution in [0.3, 0.4) is 0 Å². The second-order valence-corrected chi connectivity index (χ2v) is 5.60. The molecule has 0 bridgehead atoms. The molecule has 0 aliphatic carbocycles. The normalized spacial score (nSPS) is 11.3. The van der Waals surface area contributed by atoms with Crippen LogP contribution in [0.2, 0.25) is 0 Å². The van der Waals surface area contributed by atoms with Gasteiger partial charge < -0.3 is 14.8 Å². The number of benzene rings is 2. The molecule has 136 valence electrons. The number of carbonyl (C=O) groups is 3. The summed E-state index contributed by atoms with van der Waals surface area (Å²) < 4.78 is 10.6. The van der Waals surface area contributed by atoms with Crippen molar-refractivity contribution in [2.45, 2.75) is 26.9 Å². The van der Waals surface area contributed by atoms with Gasteiger partial charge in [-0.05, 0) is 57.2 Å². The van der Waals surface area contributed by atoms with E-state index < -0.39 is 18.0 Å². The number of ether oxygens (including phenoxy) is 2. The van der Waals surface area contributed by atoms with Crippen LogP contribution in [-0.4, -0.2) is 30.4 Å². The molecule has 2 rings (SSSR count). The topological polar surface area (TPSA) is 81.7 Å². The second kappa shape index (κ2) is 8.80. The van der Waals surface area contributed by atoms with E-state index in [1.54, 1.807) is 48.5 Å².